The van der Waals surface area contributed by atoms with Crippen molar-refractivity contribution in [3.63, 3.8) is 0 Å². The summed E-state index contributed by atoms with van der Waals surface area (Å²) in [5.41, 5.74) is 5.97. The maximum absolute atomic E-state index is 5.97. The van der Waals surface area contributed by atoms with Gasteiger partial charge in [0.15, 0.2) is 0 Å². The van der Waals surface area contributed by atoms with E-state index in [0.29, 0.717) is 5.92 Å². The van der Waals surface area contributed by atoms with E-state index in [1.54, 1.807) is 11.8 Å². The van der Waals surface area contributed by atoms with E-state index in [0.717, 1.165) is 23.0 Å². The first kappa shape index (κ1) is 11.4. The second kappa shape index (κ2) is 5.29. The van der Waals surface area contributed by atoms with Crippen molar-refractivity contribution in [2.24, 2.45) is 5.92 Å². The van der Waals surface area contributed by atoms with Gasteiger partial charge in [0.1, 0.15) is 5.82 Å². The van der Waals surface area contributed by atoms with Crippen LogP contribution in [0.25, 0.3) is 0 Å². The molecule has 1 rings (SSSR count). The molecule has 1 aromatic heterocycles. The van der Waals surface area contributed by atoms with Crippen LogP contribution in [0.5, 0.6) is 0 Å². The minimum Gasteiger partial charge on any atom is -0.383 e. The molecule has 0 saturated carbocycles. The van der Waals surface area contributed by atoms with Gasteiger partial charge in [-0.1, -0.05) is 20.8 Å². The molecule has 0 aliphatic rings. The van der Waals surface area contributed by atoms with Crippen LogP contribution in [0.2, 0.25) is 0 Å². The average Bonchev–Trinajstić information content (AvgIpc) is 2.45. The first-order valence-corrected chi connectivity index (χ1v) is 6.07. The molecule has 0 bridgehead atoms. The molecular formula is C10H19N3S. The molecule has 1 heterocycles. The molecule has 80 valence electrons. The number of hydrogen-bond donors (Lipinski definition) is 1. The Balaban J connectivity index is 2.65. The minimum absolute atomic E-state index is 0.584. The van der Waals surface area contributed by atoms with E-state index in [9.17, 15) is 0 Å². The number of nitrogen functional groups attached to an aromatic ring is 1. The van der Waals surface area contributed by atoms with E-state index in [1.165, 1.54) is 6.42 Å². The molecule has 0 spiro atoms. The molecule has 0 unspecified atom stereocenters. The largest absolute Gasteiger partial charge is 0.383 e. The predicted octanol–water partition coefficient (Wildman–Crippen LogP) is 2.62. The SMILES string of the molecule is CCCSc1cnn(CC(C)C)c1N. The van der Waals surface area contributed by atoms with Gasteiger partial charge in [0.2, 0.25) is 0 Å². The van der Waals surface area contributed by atoms with Crippen molar-refractivity contribution in [3.05, 3.63) is 6.20 Å². The van der Waals surface area contributed by atoms with E-state index in [1.807, 2.05) is 10.9 Å². The van der Waals surface area contributed by atoms with Crippen LogP contribution in [-0.2, 0) is 6.54 Å². The van der Waals surface area contributed by atoms with E-state index < -0.39 is 0 Å². The molecule has 2 N–H and O–H groups in total. The number of rotatable bonds is 5. The lowest BCUT2D eigenvalue weighted by Crippen LogP contribution is -2.09. The van der Waals surface area contributed by atoms with Gasteiger partial charge in [0.25, 0.3) is 0 Å². The molecule has 0 aliphatic heterocycles. The van der Waals surface area contributed by atoms with Gasteiger partial charge in [-0.25, -0.2) is 4.68 Å². The highest BCUT2D eigenvalue weighted by atomic mass is 32.2. The van der Waals surface area contributed by atoms with Gasteiger partial charge in [-0.05, 0) is 18.1 Å². The maximum atomic E-state index is 5.97. The Bertz CT molecular complexity index is 281. The zero-order chi connectivity index (χ0) is 10.6. The summed E-state index contributed by atoms with van der Waals surface area (Å²) in [6.07, 6.45) is 3.04. The summed E-state index contributed by atoms with van der Waals surface area (Å²) < 4.78 is 1.89. The minimum atomic E-state index is 0.584. The number of aromatic nitrogens is 2. The van der Waals surface area contributed by atoms with Crippen molar-refractivity contribution < 1.29 is 0 Å². The van der Waals surface area contributed by atoms with Crippen molar-refractivity contribution in [2.45, 2.75) is 38.6 Å². The molecule has 0 fully saturated rings. The van der Waals surface area contributed by atoms with Crippen LogP contribution in [0.1, 0.15) is 27.2 Å². The van der Waals surface area contributed by atoms with E-state index in [4.69, 9.17) is 5.73 Å². The highest BCUT2D eigenvalue weighted by Gasteiger charge is 2.08. The molecule has 0 saturated heterocycles. The average molecular weight is 213 g/mol. The van der Waals surface area contributed by atoms with Gasteiger partial charge in [-0.3, -0.25) is 0 Å². The monoisotopic (exact) mass is 213 g/mol. The summed E-state index contributed by atoms with van der Waals surface area (Å²) in [7, 11) is 0. The Hall–Kier alpha value is -0.640. The van der Waals surface area contributed by atoms with E-state index in [2.05, 4.69) is 25.9 Å². The van der Waals surface area contributed by atoms with Crippen molar-refractivity contribution in [3.8, 4) is 0 Å². The Morgan fingerprint density at radius 1 is 1.57 bits per heavy atom. The van der Waals surface area contributed by atoms with Gasteiger partial charge in [0, 0.05) is 6.54 Å². The molecule has 0 amide bonds. The van der Waals surface area contributed by atoms with Crippen LogP contribution >= 0.6 is 11.8 Å². The van der Waals surface area contributed by atoms with Crippen molar-refractivity contribution in [1.29, 1.82) is 0 Å². The molecule has 4 heteroatoms. The van der Waals surface area contributed by atoms with E-state index in [-0.39, 0.29) is 0 Å². The third kappa shape index (κ3) is 2.94. The van der Waals surface area contributed by atoms with Gasteiger partial charge in [-0.2, -0.15) is 5.10 Å². The summed E-state index contributed by atoms with van der Waals surface area (Å²) in [4.78, 5) is 1.12. The molecule has 0 aliphatic carbocycles. The first-order valence-electron chi connectivity index (χ1n) is 5.09. The number of nitrogens with zero attached hydrogens (tertiary/aromatic N) is 2. The molecule has 0 aromatic carbocycles. The summed E-state index contributed by atoms with van der Waals surface area (Å²) in [5.74, 6) is 2.51. The lowest BCUT2D eigenvalue weighted by atomic mass is 10.2. The van der Waals surface area contributed by atoms with Crippen LogP contribution in [0.15, 0.2) is 11.1 Å². The van der Waals surface area contributed by atoms with Crippen LogP contribution in [-0.4, -0.2) is 15.5 Å². The third-order valence-electron chi connectivity index (χ3n) is 1.84. The fraction of sp³-hybridized carbons (Fsp3) is 0.700. The molecule has 3 nitrogen and oxygen atoms in total. The number of anilines is 1. The quantitative estimate of drug-likeness (QED) is 0.765. The second-order valence-electron chi connectivity index (χ2n) is 3.82. The topological polar surface area (TPSA) is 43.8 Å². The lowest BCUT2D eigenvalue weighted by molar-refractivity contribution is 0.488. The number of thioether (sulfide) groups is 1. The molecule has 0 radical (unpaired) electrons. The van der Waals surface area contributed by atoms with Gasteiger partial charge in [-0.15, -0.1) is 11.8 Å². The third-order valence-corrected chi connectivity index (χ3v) is 3.08. The molecule has 1 aromatic rings. The number of hydrogen-bond acceptors (Lipinski definition) is 3. The fourth-order valence-electron chi connectivity index (χ4n) is 1.19. The zero-order valence-corrected chi connectivity index (χ0v) is 9.97. The van der Waals surface area contributed by atoms with Crippen LogP contribution in [0, 0.1) is 5.92 Å². The van der Waals surface area contributed by atoms with E-state index >= 15 is 0 Å². The van der Waals surface area contributed by atoms with Crippen LogP contribution in [0.3, 0.4) is 0 Å². The van der Waals surface area contributed by atoms with Crippen molar-refractivity contribution >= 4 is 17.6 Å². The predicted molar refractivity (Wildman–Crippen MR) is 62.5 cm³/mol. The Labute approximate surface area is 90.1 Å². The summed E-state index contributed by atoms with van der Waals surface area (Å²) >= 11 is 1.79. The number of nitrogens with two attached hydrogens (primary N) is 1. The van der Waals surface area contributed by atoms with Gasteiger partial charge >= 0.3 is 0 Å². The van der Waals surface area contributed by atoms with Gasteiger partial charge in [0.05, 0.1) is 11.1 Å². The Morgan fingerprint density at radius 3 is 2.86 bits per heavy atom. The summed E-state index contributed by atoms with van der Waals surface area (Å²) in [6.45, 7) is 7.40. The standard InChI is InChI=1S/C10H19N3S/c1-4-5-14-9-6-12-13(10(9)11)7-8(2)3/h6,8H,4-5,7,11H2,1-3H3. The summed E-state index contributed by atoms with van der Waals surface area (Å²) in [5, 5.41) is 4.28. The Morgan fingerprint density at radius 2 is 2.29 bits per heavy atom. The van der Waals surface area contributed by atoms with Crippen LogP contribution < -0.4 is 5.73 Å². The van der Waals surface area contributed by atoms with Crippen molar-refractivity contribution in [1.82, 2.24) is 9.78 Å². The van der Waals surface area contributed by atoms with Gasteiger partial charge < -0.3 is 5.73 Å². The zero-order valence-electron chi connectivity index (χ0n) is 9.16. The fourth-order valence-corrected chi connectivity index (χ4v) is 1.99. The lowest BCUT2D eigenvalue weighted by Gasteiger charge is -2.07. The first-order chi connectivity index (χ1) is 6.65. The smallest absolute Gasteiger partial charge is 0.135 e. The highest BCUT2D eigenvalue weighted by molar-refractivity contribution is 7.99. The Kier molecular flexibility index (Phi) is 4.32. The molecule has 0 atom stereocenters. The second-order valence-corrected chi connectivity index (χ2v) is 4.96. The van der Waals surface area contributed by atoms with Crippen molar-refractivity contribution in [2.75, 3.05) is 11.5 Å². The molecular weight excluding hydrogens is 194 g/mol. The van der Waals surface area contributed by atoms with Crippen LogP contribution in [0.4, 0.5) is 5.82 Å². The molecule has 14 heavy (non-hydrogen) atoms. The summed E-state index contributed by atoms with van der Waals surface area (Å²) in [6, 6.07) is 0. The normalized spacial score (nSPS) is 11.1. The highest BCUT2D eigenvalue weighted by Crippen LogP contribution is 2.25. The maximum Gasteiger partial charge on any atom is 0.135 e.